The van der Waals surface area contributed by atoms with E-state index in [1.54, 1.807) is 0 Å². The predicted octanol–water partition coefficient (Wildman–Crippen LogP) is 4.20. The molecule has 1 heterocycles. The summed E-state index contributed by atoms with van der Waals surface area (Å²) >= 11 is 17.1. The third-order valence-corrected chi connectivity index (χ3v) is 3.05. The van der Waals surface area contributed by atoms with Crippen molar-refractivity contribution in [1.82, 2.24) is 4.98 Å². The van der Waals surface area contributed by atoms with Crippen LogP contribution in [0.1, 0.15) is 10.4 Å². The molecule has 2 rings (SSSR count). The number of nitrogens with one attached hydrogen (secondary N) is 1. The second-order valence-corrected chi connectivity index (χ2v) is 5.08. The third-order valence-electron chi connectivity index (χ3n) is 2.43. The van der Waals surface area contributed by atoms with Crippen molar-refractivity contribution in [3.8, 4) is 0 Å². The van der Waals surface area contributed by atoms with Crippen LogP contribution in [0.4, 0.5) is 11.4 Å². The fraction of sp³-hybridized carbons (Fsp3) is 0. The Bertz CT molecular complexity index is 717. The molecule has 0 fully saturated rings. The van der Waals surface area contributed by atoms with Gasteiger partial charge in [-0.1, -0.05) is 34.8 Å². The molecule has 0 bridgehead atoms. The van der Waals surface area contributed by atoms with Crippen LogP contribution in [0.3, 0.4) is 0 Å². The number of rotatable bonds is 3. The van der Waals surface area contributed by atoms with Crippen molar-refractivity contribution < 1.29 is 9.72 Å². The Hall–Kier alpha value is -1.89. The molecule has 0 atom stereocenters. The molecular formula is C12H6Cl3N3O3. The Morgan fingerprint density at radius 2 is 1.76 bits per heavy atom. The van der Waals surface area contributed by atoms with Crippen molar-refractivity contribution in [3.05, 3.63) is 61.3 Å². The number of hydrogen-bond donors (Lipinski definition) is 1. The monoisotopic (exact) mass is 345 g/mol. The smallest absolute Gasteiger partial charge is 0.294 e. The molecule has 0 radical (unpaired) electrons. The van der Waals surface area contributed by atoms with Crippen molar-refractivity contribution in [2.24, 2.45) is 0 Å². The molecule has 0 saturated carbocycles. The molecule has 0 unspecified atom stereocenters. The highest BCUT2D eigenvalue weighted by atomic mass is 35.5. The lowest BCUT2D eigenvalue weighted by Crippen LogP contribution is -2.13. The SMILES string of the molecule is O=C(Nc1ccc(Cl)cc1[N+](=O)[O-])c1cc(Cl)nc(Cl)c1. The number of nitro groups is 1. The van der Waals surface area contributed by atoms with Gasteiger partial charge in [0.25, 0.3) is 11.6 Å². The van der Waals surface area contributed by atoms with Crippen LogP contribution in [-0.4, -0.2) is 15.8 Å². The lowest BCUT2D eigenvalue weighted by atomic mass is 10.2. The van der Waals surface area contributed by atoms with Crippen LogP contribution in [0.2, 0.25) is 15.3 Å². The van der Waals surface area contributed by atoms with Gasteiger partial charge in [0.15, 0.2) is 0 Å². The number of nitro benzene ring substituents is 1. The van der Waals surface area contributed by atoms with Crippen molar-refractivity contribution >= 4 is 52.1 Å². The molecule has 0 aliphatic rings. The van der Waals surface area contributed by atoms with E-state index in [0.717, 1.165) is 6.07 Å². The molecule has 6 nitrogen and oxygen atoms in total. The first kappa shape index (κ1) is 15.5. The van der Waals surface area contributed by atoms with E-state index < -0.39 is 10.8 Å². The Morgan fingerprint density at radius 1 is 1.14 bits per heavy atom. The summed E-state index contributed by atoms with van der Waals surface area (Å²) in [6.07, 6.45) is 0. The highest BCUT2D eigenvalue weighted by Crippen LogP contribution is 2.28. The molecule has 1 amide bonds. The molecule has 0 aliphatic carbocycles. The largest absolute Gasteiger partial charge is 0.316 e. The molecule has 1 N–H and O–H groups in total. The maximum atomic E-state index is 12.1. The summed E-state index contributed by atoms with van der Waals surface area (Å²) in [5.74, 6) is -0.605. The van der Waals surface area contributed by atoms with Gasteiger partial charge in [-0.25, -0.2) is 4.98 Å². The van der Waals surface area contributed by atoms with E-state index in [1.165, 1.54) is 24.3 Å². The van der Waals surface area contributed by atoms with Gasteiger partial charge < -0.3 is 5.32 Å². The molecule has 21 heavy (non-hydrogen) atoms. The van der Waals surface area contributed by atoms with Crippen LogP contribution in [0, 0.1) is 10.1 Å². The summed E-state index contributed by atoms with van der Waals surface area (Å²) in [5.41, 5.74) is -0.176. The number of hydrogen-bond acceptors (Lipinski definition) is 4. The van der Waals surface area contributed by atoms with Gasteiger partial charge in [0.1, 0.15) is 16.0 Å². The third kappa shape index (κ3) is 3.81. The van der Waals surface area contributed by atoms with Gasteiger partial charge >= 0.3 is 0 Å². The molecular weight excluding hydrogens is 341 g/mol. The summed E-state index contributed by atoms with van der Waals surface area (Å²) in [6.45, 7) is 0. The fourth-order valence-electron chi connectivity index (χ4n) is 1.55. The molecule has 0 aliphatic heterocycles. The van der Waals surface area contributed by atoms with Gasteiger partial charge in [-0.05, 0) is 24.3 Å². The number of benzene rings is 1. The normalized spacial score (nSPS) is 10.2. The zero-order chi connectivity index (χ0) is 15.6. The molecule has 9 heteroatoms. The topological polar surface area (TPSA) is 85.1 Å². The summed E-state index contributed by atoms with van der Waals surface area (Å²) in [5, 5.41) is 13.6. The average molecular weight is 347 g/mol. The minimum absolute atomic E-state index is 0.0125. The summed E-state index contributed by atoms with van der Waals surface area (Å²) in [6, 6.07) is 6.50. The zero-order valence-electron chi connectivity index (χ0n) is 10.1. The van der Waals surface area contributed by atoms with Gasteiger partial charge in [-0.15, -0.1) is 0 Å². The van der Waals surface area contributed by atoms with Crippen LogP contribution in [0.25, 0.3) is 0 Å². The summed E-state index contributed by atoms with van der Waals surface area (Å²) in [4.78, 5) is 26.1. The Labute approximate surface area is 133 Å². The number of nitrogens with zero attached hydrogens (tertiary/aromatic N) is 2. The van der Waals surface area contributed by atoms with Gasteiger partial charge in [-0.2, -0.15) is 0 Å². The number of aromatic nitrogens is 1. The highest BCUT2D eigenvalue weighted by molar-refractivity contribution is 6.33. The second kappa shape index (κ2) is 6.26. The number of halogens is 3. The van der Waals surface area contributed by atoms with Gasteiger partial charge in [0.05, 0.1) is 4.92 Å². The van der Waals surface area contributed by atoms with E-state index in [0.29, 0.717) is 0 Å². The minimum Gasteiger partial charge on any atom is -0.316 e. The van der Waals surface area contributed by atoms with E-state index >= 15 is 0 Å². The summed E-state index contributed by atoms with van der Waals surface area (Å²) in [7, 11) is 0. The van der Waals surface area contributed by atoms with Crippen LogP contribution in [-0.2, 0) is 0 Å². The molecule has 2 aromatic rings. The first-order chi connectivity index (χ1) is 9.86. The van der Waals surface area contributed by atoms with Gasteiger partial charge in [0.2, 0.25) is 0 Å². The quantitative estimate of drug-likeness (QED) is 0.512. The summed E-state index contributed by atoms with van der Waals surface area (Å²) < 4.78 is 0. The number of pyridine rings is 1. The standard InChI is InChI=1S/C12H6Cl3N3O3/c13-7-1-2-8(9(5-7)18(20)21)16-12(19)6-3-10(14)17-11(15)4-6/h1-5H,(H,16,19). The van der Waals surface area contributed by atoms with Crippen molar-refractivity contribution in [3.63, 3.8) is 0 Å². The van der Waals surface area contributed by atoms with Crippen molar-refractivity contribution in [1.29, 1.82) is 0 Å². The molecule has 1 aromatic carbocycles. The Kier molecular flexibility index (Phi) is 4.62. The maximum absolute atomic E-state index is 12.1. The Morgan fingerprint density at radius 3 is 2.33 bits per heavy atom. The fourth-order valence-corrected chi connectivity index (χ4v) is 2.18. The van der Waals surface area contributed by atoms with Crippen LogP contribution >= 0.6 is 34.8 Å². The zero-order valence-corrected chi connectivity index (χ0v) is 12.4. The number of carbonyl (C=O) groups is 1. The first-order valence-corrected chi connectivity index (χ1v) is 6.58. The Balaban J connectivity index is 2.33. The van der Waals surface area contributed by atoms with Crippen LogP contribution < -0.4 is 5.32 Å². The van der Waals surface area contributed by atoms with E-state index in [1.807, 2.05) is 0 Å². The second-order valence-electron chi connectivity index (χ2n) is 3.87. The van der Waals surface area contributed by atoms with Gasteiger partial charge in [-0.3, -0.25) is 14.9 Å². The first-order valence-electron chi connectivity index (χ1n) is 5.45. The molecule has 0 spiro atoms. The number of carbonyl (C=O) groups excluding carboxylic acids is 1. The van der Waals surface area contributed by atoms with E-state index in [4.69, 9.17) is 34.8 Å². The van der Waals surface area contributed by atoms with E-state index in [-0.39, 0.29) is 32.3 Å². The van der Waals surface area contributed by atoms with E-state index in [2.05, 4.69) is 10.3 Å². The maximum Gasteiger partial charge on any atom is 0.294 e. The number of anilines is 1. The lowest BCUT2D eigenvalue weighted by Gasteiger charge is -2.07. The average Bonchev–Trinajstić information content (AvgIpc) is 2.39. The van der Waals surface area contributed by atoms with Crippen molar-refractivity contribution in [2.45, 2.75) is 0 Å². The van der Waals surface area contributed by atoms with Gasteiger partial charge in [0, 0.05) is 16.7 Å². The minimum atomic E-state index is -0.645. The van der Waals surface area contributed by atoms with E-state index in [9.17, 15) is 14.9 Å². The van der Waals surface area contributed by atoms with Crippen molar-refractivity contribution in [2.75, 3.05) is 5.32 Å². The molecule has 108 valence electrons. The predicted molar refractivity (Wildman–Crippen MR) is 80.3 cm³/mol. The molecule has 0 saturated heterocycles. The highest BCUT2D eigenvalue weighted by Gasteiger charge is 2.18. The van der Waals surface area contributed by atoms with Crippen LogP contribution in [0.15, 0.2) is 30.3 Å². The molecule has 1 aromatic heterocycles. The number of amides is 1. The van der Waals surface area contributed by atoms with Crippen LogP contribution in [0.5, 0.6) is 0 Å². The lowest BCUT2D eigenvalue weighted by molar-refractivity contribution is -0.383.